The van der Waals surface area contributed by atoms with Gasteiger partial charge in [0.15, 0.2) is 0 Å². The van der Waals surface area contributed by atoms with Gasteiger partial charge in [0, 0.05) is 13.1 Å². The summed E-state index contributed by atoms with van der Waals surface area (Å²) < 4.78 is 9.98. The monoisotopic (exact) mass is 463 g/mol. The Kier molecular flexibility index (Phi) is 10.9. The molecule has 1 unspecified atom stereocenters. The second kappa shape index (κ2) is 13.1. The highest BCUT2D eigenvalue weighted by Crippen LogP contribution is 2.24. The first-order valence-corrected chi connectivity index (χ1v) is 10.6. The number of rotatable bonds is 11. The van der Waals surface area contributed by atoms with Crippen LogP contribution in [0.25, 0.3) is 0 Å². The van der Waals surface area contributed by atoms with E-state index in [1.54, 1.807) is 39.8 Å². The predicted molar refractivity (Wildman–Crippen MR) is 121 cm³/mol. The summed E-state index contributed by atoms with van der Waals surface area (Å²) in [6.45, 7) is 10.2. The van der Waals surface area contributed by atoms with Gasteiger partial charge in [0.2, 0.25) is 11.8 Å². The number of phenols is 1. The van der Waals surface area contributed by atoms with E-state index < -0.39 is 42.1 Å². The number of phenolic OH excluding ortho intramolecular Hbond substituents is 1. The molecule has 0 heterocycles. The van der Waals surface area contributed by atoms with E-state index in [4.69, 9.17) is 9.47 Å². The molecule has 0 bridgehead atoms. The van der Waals surface area contributed by atoms with Crippen molar-refractivity contribution in [3.63, 3.8) is 0 Å². The van der Waals surface area contributed by atoms with Crippen LogP contribution in [0.3, 0.4) is 0 Å². The maximum Gasteiger partial charge on any atom is 0.408 e. The molecule has 1 aromatic rings. The fourth-order valence-electron chi connectivity index (χ4n) is 2.84. The number of nitrogens with zero attached hydrogens (tertiary/aromatic N) is 1. The normalized spacial score (nSPS) is 11.6. The second-order valence-corrected chi connectivity index (χ2v) is 8.03. The quantitative estimate of drug-likeness (QED) is 0.338. The molecule has 3 amide bonds. The third kappa shape index (κ3) is 10.1. The number of aromatic hydroxyl groups is 1. The molecule has 0 fully saturated rings. The molecule has 10 nitrogen and oxygen atoms in total. The number of nitrogens with one attached hydrogen (secondary N) is 2. The van der Waals surface area contributed by atoms with Crippen LogP contribution in [0.5, 0.6) is 5.75 Å². The number of alkyl carbamates (subject to hydrolysis) is 1. The molecule has 1 aromatic carbocycles. The Morgan fingerprint density at radius 1 is 1.21 bits per heavy atom. The second-order valence-electron chi connectivity index (χ2n) is 8.03. The molecular formula is C23H33N3O7. The van der Waals surface area contributed by atoms with Gasteiger partial charge in [-0.3, -0.25) is 14.4 Å². The molecule has 0 aromatic heterocycles. The molecule has 3 N–H and O–H groups in total. The standard InChI is InChI=1S/C23H33N3O7/c1-6-13-26(18(28)15-25-22(31)33-23(3,4)5)20(16-9-8-10-17(27)14-16)21(30)24-12-11-19(29)32-7-2/h6,8-10,14,20,27H,1,7,11-13,15H2,2-5H3,(H,24,30)(H,25,31). The lowest BCUT2D eigenvalue weighted by Crippen LogP contribution is -2.48. The average molecular weight is 464 g/mol. The molecule has 0 saturated heterocycles. The summed E-state index contributed by atoms with van der Waals surface area (Å²) in [7, 11) is 0. The number of carbonyl (C=O) groups is 4. The van der Waals surface area contributed by atoms with Crippen molar-refractivity contribution in [2.75, 3.05) is 26.2 Å². The highest BCUT2D eigenvalue weighted by atomic mass is 16.6. The fourth-order valence-corrected chi connectivity index (χ4v) is 2.84. The number of esters is 1. The van der Waals surface area contributed by atoms with Gasteiger partial charge in [-0.1, -0.05) is 18.2 Å². The van der Waals surface area contributed by atoms with Crippen molar-refractivity contribution in [2.24, 2.45) is 0 Å². The predicted octanol–water partition coefficient (Wildman–Crippen LogP) is 2.04. The lowest BCUT2D eigenvalue weighted by atomic mass is 10.0. The van der Waals surface area contributed by atoms with Crippen molar-refractivity contribution < 1.29 is 33.8 Å². The van der Waals surface area contributed by atoms with Crippen LogP contribution < -0.4 is 10.6 Å². The Labute approximate surface area is 193 Å². The summed E-state index contributed by atoms with van der Waals surface area (Å²) in [5.41, 5.74) is -0.396. The smallest absolute Gasteiger partial charge is 0.408 e. The lowest BCUT2D eigenvalue weighted by molar-refractivity contribution is -0.143. The number of hydrogen-bond donors (Lipinski definition) is 3. The highest BCUT2D eigenvalue weighted by Gasteiger charge is 2.31. The van der Waals surface area contributed by atoms with Crippen molar-refractivity contribution in [3.05, 3.63) is 42.5 Å². The van der Waals surface area contributed by atoms with Crippen molar-refractivity contribution in [2.45, 2.75) is 45.8 Å². The van der Waals surface area contributed by atoms with Gasteiger partial charge >= 0.3 is 12.1 Å². The number of benzene rings is 1. The van der Waals surface area contributed by atoms with Gasteiger partial charge in [0.05, 0.1) is 13.0 Å². The first kappa shape index (κ1) is 27.5. The van der Waals surface area contributed by atoms with Gasteiger partial charge in [0.1, 0.15) is 23.9 Å². The van der Waals surface area contributed by atoms with Crippen molar-refractivity contribution in [1.29, 1.82) is 0 Å². The Balaban J connectivity index is 3.06. The Bertz CT molecular complexity index is 849. The largest absolute Gasteiger partial charge is 0.508 e. The molecule has 0 spiro atoms. The fraction of sp³-hybridized carbons (Fsp3) is 0.478. The highest BCUT2D eigenvalue weighted by molar-refractivity contribution is 5.90. The van der Waals surface area contributed by atoms with Gasteiger partial charge < -0.3 is 30.1 Å². The van der Waals surface area contributed by atoms with E-state index in [2.05, 4.69) is 17.2 Å². The first-order valence-electron chi connectivity index (χ1n) is 10.6. The van der Waals surface area contributed by atoms with Crippen LogP contribution in [-0.4, -0.2) is 65.7 Å². The minimum absolute atomic E-state index is 0.000733. The van der Waals surface area contributed by atoms with Crippen LogP contribution in [-0.2, 0) is 23.9 Å². The van der Waals surface area contributed by atoms with Crippen LogP contribution in [0, 0.1) is 0 Å². The van der Waals surface area contributed by atoms with Crippen molar-refractivity contribution in [1.82, 2.24) is 15.5 Å². The zero-order chi connectivity index (χ0) is 25.0. The van der Waals surface area contributed by atoms with E-state index >= 15 is 0 Å². The first-order chi connectivity index (χ1) is 15.5. The zero-order valence-corrected chi connectivity index (χ0v) is 19.6. The molecule has 33 heavy (non-hydrogen) atoms. The van der Waals surface area contributed by atoms with E-state index in [1.165, 1.54) is 23.1 Å². The van der Waals surface area contributed by atoms with E-state index in [9.17, 15) is 24.3 Å². The molecule has 0 aliphatic heterocycles. The summed E-state index contributed by atoms with van der Waals surface area (Å²) in [5.74, 6) is -1.70. The van der Waals surface area contributed by atoms with E-state index in [1.807, 2.05) is 0 Å². The van der Waals surface area contributed by atoms with Gasteiger partial charge in [-0.05, 0) is 45.4 Å². The molecule has 0 radical (unpaired) electrons. The SMILES string of the molecule is C=CCN(C(=O)CNC(=O)OC(C)(C)C)C(C(=O)NCCC(=O)OCC)c1cccc(O)c1. The van der Waals surface area contributed by atoms with Crippen LogP contribution >= 0.6 is 0 Å². The third-order valence-corrected chi connectivity index (χ3v) is 4.11. The van der Waals surface area contributed by atoms with Gasteiger partial charge in [-0.25, -0.2) is 4.79 Å². The molecular weight excluding hydrogens is 430 g/mol. The Hall–Kier alpha value is -3.56. The Morgan fingerprint density at radius 2 is 1.91 bits per heavy atom. The van der Waals surface area contributed by atoms with E-state index in [-0.39, 0.29) is 31.9 Å². The number of amides is 3. The average Bonchev–Trinajstić information content (AvgIpc) is 2.70. The maximum absolute atomic E-state index is 13.1. The Morgan fingerprint density at radius 3 is 2.48 bits per heavy atom. The van der Waals surface area contributed by atoms with Crippen LogP contribution in [0.4, 0.5) is 4.79 Å². The molecule has 0 saturated carbocycles. The number of ether oxygens (including phenoxy) is 2. The van der Waals surface area contributed by atoms with Crippen LogP contribution in [0.1, 0.15) is 45.7 Å². The molecule has 1 atom stereocenters. The zero-order valence-electron chi connectivity index (χ0n) is 19.6. The third-order valence-electron chi connectivity index (χ3n) is 4.11. The summed E-state index contributed by atoms with van der Waals surface area (Å²) in [6, 6.07) is 4.77. The van der Waals surface area contributed by atoms with E-state index in [0.717, 1.165) is 0 Å². The molecule has 0 aliphatic carbocycles. The minimum atomic E-state index is -1.15. The molecule has 0 aliphatic rings. The number of carbonyl (C=O) groups excluding carboxylic acids is 4. The summed E-state index contributed by atoms with van der Waals surface area (Å²) in [6.07, 6.45) is 0.622. The summed E-state index contributed by atoms with van der Waals surface area (Å²) >= 11 is 0. The molecule has 182 valence electrons. The van der Waals surface area contributed by atoms with Crippen molar-refractivity contribution >= 4 is 23.9 Å². The molecule has 10 heteroatoms. The van der Waals surface area contributed by atoms with Gasteiger partial charge in [-0.2, -0.15) is 0 Å². The molecule has 1 rings (SSSR count). The maximum atomic E-state index is 13.1. The number of hydrogen-bond acceptors (Lipinski definition) is 7. The van der Waals surface area contributed by atoms with Gasteiger partial charge in [-0.15, -0.1) is 6.58 Å². The summed E-state index contributed by atoms with van der Waals surface area (Å²) in [5, 5.41) is 14.9. The minimum Gasteiger partial charge on any atom is -0.508 e. The van der Waals surface area contributed by atoms with E-state index in [0.29, 0.717) is 5.56 Å². The topological polar surface area (TPSA) is 134 Å². The van der Waals surface area contributed by atoms with Crippen molar-refractivity contribution in [3.8, 4) is 5.75 Å². The summed E-state index contributed by atoms with van der Waals surface area (Å²) in [4.78, 5) is 50.7. The van der Waals surface area contributed by atoms with Crippen LogP contribution in [0.2, 0.25) is 0 Å². The van der Waals surface area contributed by atoms with Crippen LogP contribution in [0.15, 0.2) is 36.9 Å². The van der Waals surface area contributed by atoms with Gasteiger partial charge in [0.25, 0.3) is 0 Å². The lowest BCUT2D eigenvalue weighted by Gasteiger charge is -2.31.